The van der Waals surface area contributed by atoms with E-state index in [0.717, 1.165) is 32.1 Å². The van der Waals surface area contributed by atoms with E-state index in [1.807, 2.05) is 0 Å². The van der Waals surface area contributed by atoms with E-state index in [1.165, 1.54) is 193 Å². The Bertz CT molecular complexity index is 845. The van der Waals surface area contributed by atoms with Crippen molar-refractivity contribution in [3.05, 3.63) is 0 Å². The molecule has 56 heavy (non-hydrogen) atoms. The van der Waals surface area contributed by atoms with Gasteiger partial charge in [0.1, 0.15) is 12.2 Å². The first-order valence-corrected chi connectivity index (χ1v) is 25.5. The molecule has 10 heteroatoms. The van der Waals surface area contributed by atoms with Gasteiger partial charge in [-0.05, 0) is 12.8 Å². The number of hydrogen-bond donors (Lipinski definition) is 3. The van der Waals surface area contributed by atoms with Gasteiger partial charge in [0.15, 0.2) is 0 Å². The number of ether oxygens (including phenoxy) is 2. The molecule has 0 saturated heterocycles. The van der Waals surface area contributed by atoms with Crippen LogP contribution in [0, 0.1) is 0 Å². The average molecular weight is 821 g/mol. The molecule has 0 bridgehead atoms. The van der Waals surface area contributed by atoms with Gasteiger partial charge in [-0.15, -0.1) is 0 Å². The van der Waals surface area contributed by atoms with Crippen molar-refractivity contribution in [2.45, 2.75) is 257 Å². The summed E-state index contributed by atoms with van der Waals surface area (Å²) in [5.74, 6) is -0.375. The van der Waals surface area contributed by atoms with Crippen LogP contribution in [0.1, 0.15) is 245 Å². The number of phosphoric acid groups is 1. The molecule has 0 aliphatic heterocycles. The number of carbonyl (C=O) groups excluding carboxylic acids is 1. The summed E-state index contributed by atoms with van der Waals surface area (Å²) in [5.41, 5.74) is 0. The van der Waals surface area contributed by atoms with Gasteiger partial charge in [-0.25, -0.2) is 4.57 Å². The summed E-state index contributed by atoms with van der Waals surface area (Å²) in [6.07, 6.45) is 43.6. The van der Waals surface area contributed by atoms with E-state index < -0.39 is 33.2 Å². The van der Waals surface area contributed by atoms with Crippen molar-refractivity contribution in [2.75, 3.05) is 33.0 Å². The van der Waals surface area contributed by atoms with Crippen LogP contribution in [0.3, 0.4) is 0 Å². The van der Waals surface area contributed by atoms with Crippen molar-refractivity contribution in [1.29, 1.82) is 0 Å². The van der Waals surface area contributed by atoms with Gasteiger partial charge in [0.25, 0.3) is 0 Å². The Balaban J connectivity index is 3.98. The Kier molecular flexibility index (Phi) is 43.6. The molecular formula is C46H93O9P. The maximum Gasteiger partial charge on any atom is 0.472 e. The second-order valence-electron chi connectivity index (χ2n) is 16.5. The van der Waals surface area contributed by atoms with Gasteiger partial charge in [-0.2, -0.15) is 0 Å². The van der Waals surface area contributed by atoms with Crippen molar-refractivity contribution in [3.63, 3.8) is 0 Å². The predicted molar refractivity (Wildman–Crippen MR) is 233 cm³/mol. The van der Waals surface area contributed by atoms with Crippen LogP contribution in [0.5, 0.6) is 0 Å². The Morgan fingerprint density at radius 1 is 0.482 bits per heavy atom. The standard InChI is InChI=1S/C46H93O9P/c1-3-5-7-9-11-13-15-17-18-19-20-21-22-23-24-25-26-27-28-30-32-34-36-38-46(49)55-45(43-54-56(50,51)53-41-44(48)40-47)42-52-39-37-35-33-31-29-16-14-12-10-8-6-4-2/h44-45,47-48H,3-43H2,1-2H3,(H,50,51). The minimum atomic E-state index is -4.51. The zero-order chi connectivity index (χ0) is 41.1. The molecule has 3 unspecified atom stereocenters. The lowest BCUT2D eigenvalue weighted by Gasteiger charge is -2.20. The zero-order valence-electron chi connectivity index (χ0n) is 36.9. The summed E-state index contributed by atoms with van der Waals surface area (Å²) < 4.78 is 33.4. The van der Waals surface area contributed by atoms with Crippen molar-refractivity contribution < 1.29 is 43.0 Å². The topological polar surface area (TPSA) is 132 Å². The van der Waals surface area contributed by atoms with Crippen molar-refractivity contribution >= 4 is 13.8 Å². The molecule has 0 aromatic rings. The highest BCUT2D eigenvalue weighted by molar-refractivity contribution is 7.47. The monoisotopic (exact) mass is 821 g/mol. The van der Waals surface area contributed by atoms with E-state index in [4.69, 9.17) is 23.6 Å². The number of aliphatic hydroxyl groups excluding tert-OH is 2. The summed E-state index contributed by atoms with van der Waals surface area (Å²) >= 11 is 0. The fraction of sp³-hybridized carbons (Fsp3) is 0.978. The first-order valence-electron chi connectivity index (χ1n) is 24.0. The van der Waals surface area contributed by atoms with Crippen LogP contribution in [0.15, 0.2) is 0 Å². The molecule has 336 valence electrons. The lowest BCUT2D eigenvalue weighted by molar-refractivity contribution is -0.154. The molecule has 0 amide bonds. The van der Waals surface area contributed by atoms with Crippen LogP contribution in [-0.2, 0) is 27.9 Å². The fourth-order valence-corrected chi connectivity index (χ4v) is 7.91. The lowest BCUT2D eigenvalue weighted by Crippen LogP contribution is -2.29. The van der Waals surface area contributed by atoms with Crippen molar-refractivity contribution in [2.24, 2.45) is 0 Å². The highest BCUT2D eigenvalue weighted by atomic mass is 31.2. The second-order valence-corrected chi connectivity index (χ2v) is 18.0. The Labute approximate surface area is 346 Å². The van der Waals surface area contributed by atoms with Gasteiger partial charge in [0.05, 0.1) is 26.4 Å². The first kappa shape index (κ1) is 55.5. The molecule has 0 aromatic carbocycles. The minimum Gasteiger partial charge on any atom is -0.457 e. The molecule has 0 rings (SSSR count). The van der Waals surface area contributed by atoms with E-state index in [2.05, 4.69) is 13.8 Å². The Hall–Kier alpha value is -0.540. The van der Waals surface area contributed by atoms with E-state index in [9.17, 15) is 19.4 Å². The molecular weight excluding hydrogens is 727 g/mol. The normalized spacial score (nSPS) is 13.9. The largest absolute Gasteiger partial charge is 0.472 e. The summed E-state index contributed by atoms with van der Waals surface area (Å²) in [6, 6.07) is 0. The summed E-state index contributed by atoms with van der Waals surface area (Å²) in [4.78, 5) is 22.6. The summed E-state index contributed by atoms with van der Waals surface area (Å²) in [5, 5.41) is 18.4. The van der Waals surface area contributed by atoms with E-state index in [1.54, 1.807) is 0 Å². The molecule has 3 N–H and O–H groups in total. The molecule has 0 radical (unpaired) electrons. The molecule has 0 fully saturated rings. The van der Waals surface area contributed by atoms with Crippen LogP contribution in [0.25, 0.3) is 0 Å². The number of carbonyl (C=O) groups is 1. The van der Waals surface area contributed by atoms with E-state index in [0.29, 0.717) is 6.61 Å². The third-order valence-corrected chi connectivity index (χ3v) is 11.7. The summed E-state index contributed by atoms with van der Waals surface area (Å²) in [7, 11) is -4.51. The molecule has 0 spiro atoms. The number of unbranched alkanes of at least 4 members (excludes halogenated alkanes) is 33. The molecule has 9 nitrogen and oxygen atoms in total. The van der Waals surface area contributed by atoms with Crippen LogP contribution in [0.2, 0.25) is 0 Å². The van der Waals surface area contributed by atoms with Gasteiger partial charge >= 0.3 is 13.8 Å². The van der Waals surface area contributed by atoms with Gasteiger partial charge in [0.2, 0.25) is 0 Å². The number of esters is 1. The molecule has 0 saturated carbocycles. The average Bonchev–Trinajstić information content (AvgIpc) is 3.19. The number of aliphatic hydroxyl groups is 2. The predicted octanol–water partition coefficient (Wildman–Crippen LogP) is 13.5. The molecule has 0 heterocycles. The van der Waals surface area contributed by atoms with Crippen LogP contribution < -0.4 is 0 Å². The maximum absolute atomic E-state index is 12.6. The first-order chi connectivity index (χ1) is 27.3. The second kappa shape index (κ2) is 44.0. The Morgan fingerprint density at radius 2 is 0.804 bits per heavy atom. The highest BCUT2D eigenvalue weighted by Crippen LogP contribution is 2.43. The van der Waals surface area contributed by atoms with Crippen LogP contribution in [-0.4, -0.2) is 66.3 Å². The fourth-order valence-electron chi connectivity index (χ4n) is 7.12. The molecule has 0 aliphatic rings. The smallest absolute Gasteiger partial charge is 0.457 e. The molecule has 3 atom stereocenters. The SMILES string of the molecule is CCCCCCCCCCCCCCCCCCCCCCCCCC(=O)OC(COCCCCCCCCCCCCCC)COP(=O)(O)OCC(O)CO. The Morgan fingerprint density at radius 3 is 1.16 bits per heavy atom. The van der Waals surface area contributed by atoms with Gasteiger partial charge < -0.3 is 24.6 Å². The maximum atomic E-state index is 12.6. The van der Waals surface area contributed by atoms with Crippen molar-refractivity contribution in [1.82, 2.24) is 0 Å². The van der Waals surface area contributed by atoms with Crippen molar-refractivity contribution in [3.8, 4) is 0 Å². The van der Waals surface area contributed by atoms with Gasteiger partial charge in [-0.3, -0.25) is 13.8 Å². The molecule has 0 aliphatic carbocycles. The van der Waals surface area contributed by atoms with Gasteiger partial charge in [0, 0.05) is 13.0 Å². The third kappa shape index (κ3) is 43.0. The molecule has 0 aromatic heterocycles. The number of rotatable bonds is 47. The van der Waals surface area contributed by atoms with Crippen LogP contribution >= 0.6 is 7.82 Å². The summed E-state index contributed by atoms with van der Waals surface area (Å²) in [6.45, 7) is 3.58. The van der Waals surface area contributed by atoms with Crippen LogP contribution in [0.4, 0.5) is 0 Å². The minimum absolute atomic E-state index is 0.0580. The highest BCUT2D eigenvalue weighted by Gasteiger charge is 2.26. The zero-order valence-corrected chi connectivity index (χ0v) is 37.8. The quantitative estimate of drug-likeness (QED) is 0.0312. The lowest BCUT2D eigenvalue weighted by atomic mass is 10.0. The number of phosphoric ester groups is 1. The van der Waals surface area contributed by atoms with Gasteiger partial charge in [-0.1, -0.05) is 226 Å². The third-order valence-electron chi connectivity index (χ3n) is 10.8. The van der Waals surface area contributed by atoms with E-state index in [-0.39, 0.29) is 25.6 Å². The number of hydrogen-bond acceptors (Lipinski definition) is 8. The van der Waals surface area contributed by atoms with E-state index >= 15 is 0 Å².